The summed E-state index contributed by atoms with van der Waals surface area (Å²) in [5.41, 5.74) is 1.16. The zero-order valence-electron chi connectivity index (χ0n) is 15.1. The van der Waals surface area contributed by atoms with Crippen LogP contribution in [0.4, 0.5) is 0 Å². The molecule has 6 nitrogen and oxygen atoms in total. The first-order valence-electron chi connectivity index (χ1n) is 9.21. The van der Waals surface area contributed by atoms with Gasteiger partial charge in [0.1, 0.15) is 0 Å². The molecule has 25 heavy (non-hydrogen) atoms. The molecule has 1 aliphatic heterocycles. The highest BCUT2D eigenvalue weighted by Crippen LogP contribution is 2.47. The van der Waals surface area contributed by atoms with Crippen molar-refractivity contribution in [3.05, 3.63) is 30.1 Å². The molecule has 3 rings (SSSR count). The highest BCUT2D eigenvalue weighted by Gasteiger charge is 2.43. The van der Waals surface area contributed by atoms with Gasteiger partial charge in [-0.3, -0.25) is 19.5 Å². The van der Waals surface area contributed by atoms with Gasteiger partial charge in [-0.1, -0.05) is 6.07 Å². The van der Waals surface area contributed by atoms with E-state index in [1.165, 1.54) is 0 Å². The molecule has 0 radical (unpaired) electrons. The number of hydrogen-bond donors (Lipinski definition) is 1. The Balaban J connectivity index is 1.36. The molecule has 2 fully saturated rings. The predicted molar refractivity (Wildman–Crippen MR) is 96.0 cm³/mol. The van der Waals surface area contributed by atoms with Gasteiger partial charge < -0.3 is 10.2 Å². The standard InChI is InChI=1S/C19H28N4O2/c1-22(2)19(25)17-7-4-10-23(17)11-5-9-21-18(24)16-12-15(16)14-6-3-8-20-13-14/h3,6,8,13,15-17H,4-5,7,9-12H2,1-2H3,(H,21,24). The summed E-state index contributed by atoms with van der Waals surface area (Å²) in [4.78, 5) is 32.5. The van der Waals surface area contributed by atoms with Gasteiger partial charge in [-0.2, -0.15) is 0 Å². The Morgan fingerprint density at radius 2 is 2.24 bits per heavy atom. The summed E-state index contributed by atoms with van der Waals surface area (Å²) in [5.74, 6) is 0.767. The molecule has 1 aromatic heterocycles. The summed E-state index contributed by atoms with van der Waals surface area (Å²) in [6.07, 6.45) is 7.43. The molecule has 1 saturated carbocycles. The van der Waals surface area contributed by atoms with Gasteiger partial charge in [0.05, 0.1) is 6.04 Å². The third kappa shape index (κ3) is 4.37. The second-order valence-electron chi connectivity index (χ2n) is 7.31. The lowest BCUT2D eigenvalue weighted by Crippen LogP contribution is -2.43. The van der Waals surface area contributed by atoms with Gasteiger partial charge >= 0.3 is 0 Å². The minimum absolute atomic E-state index is 0.0177. The molecule has 2 amide bonds. The van der Waals surface area contributed by atoms with Crippen molar-refractivity contribution in [2.45, 2.75) is 37.6 Å². The molecule has 2 heterocycles. The molecule has 3 unspecified atom stereocenters. The summed E-state index contributed by atoms with van der Waals surface area (Å²) >= 11 is 0. The molecule has 1 saturated heterocycles. The number of likely N-dealkylation sites (tertiary alicyclic amines) is 1. The van der Waals surface area contributed by atoms with E-state index in [0.29, 0.717) is 12.5 Å². The first kappa shape index (κ1) is 17.9. The van der Waals surface area contributed by atoms with E-state index >= 15 is 0 Å². The summed E-state index contributed by atoms with van der Waals surface area (Å²) < 4.78 is 0. The van der Waals surface area contributed by atoms with Crippen LogP contribution in [0.15, 0.2) is 24.5 Å². The van der Waals surface area contributed by atoms with Crippen molar-refractivity contribution in [1.29, 1.82) is 0 Å². The van der Waals surface area contributed by atoms with Crippen molar-refractivity contribution in [1.82, 2.24) is 20.1 Å². The van der Waals surface area contributed by atoms with Gasteiger partial charge in [0, 0.05) is 45.5 Å². The zero-order valence-corrected chi connectivity index (χ0v) is 15.1. The maximum absolute atomic E-state index is 12.2. The Bertz CT molecular complexity index is 605. The average Bonchev–Trinajstić information content (AvgIpc) is 3.30. The van der Waals surface area contributed by atoms with Crippen molar-refractivity contribution in [3.63, 3.8) is 0 Å². The number of nitrogens with one attached hydrogen (secondary N) is 1. The summed E-state index contributed by atoms with van der Waals surface area (Å²) in [6.45, 7) is 2.51. The van der Waals surface area contributed by atoms with Crippen LogP contribution in [0.25, 0.3) is 0 Å². The maximum Gasteiger partial charge on any atom is 0.239 e. The lowest BCUT2D eigenvalue weighted by atomic mass is 10.1. The number of amides is 2. The molecule has 0 bridgehead atoms. The molecule has 2 aliphatic rings. The van der Waals surface area contributed by atoms with Gasteiger partial charge in [-0.05, 0) is 49.8 Å². The van der Waals surface area contributed by atoms with E-state index in [2.05, 4.69) is 15.2 Å². The fourth-order valence-electron chi connectivity index (χ4n) is 3.74. The van der Waals surface area contributed by atoms with E-state index in [1.807, 2.05) is 32.4 Å². The van der Waals surface area contributed by atoms with Crippen LogP contribution >= 0.6 is 0 Å². The number of aromatic nitrogens is 1. The molecular formula is C19H28N4O2. The second kappa shape index (κ2) is 7.95. The first-order chi connectivity index (χ1) is 12.1. The number of hydrogen-bond acceptors (Lipinski definition) is 4. The minimum atomic E-state index is 0.0177. The molecule has 0 aromatic carbocycles. The highest BCUT2D eigenvalue weighted by atomic mass is 16.2. The van der Waals surface area contributed by atoms with E-state index < -0.39 is 0 Å². The van der Waals surface area contributed by atoms with E-state index in [0.717, 1.165) is 44.3 Å². The average molecular weight is 344 g/mol. The third-order valence-corrected chi connectivity index (χ3v) is 5.25. The molecule has 0 spiro atoms. The number of nitrogens with zero attached hydrogens (tertiary/aromatic N) is 3. The van der Waals surface area contributed by atoms with Crippen LogP contribution in [0, 0.1) is 5.92 Å². The van der Waals surface area contributed by atoms with Gasteiger partial charge in [-0.15, -0.1) is 0 Å². The number of pyridine rings is 1. The second-order valence-corrected chi connectivity index (χ2v) is 7.31. The van der Waals surface area contributed by atoms with Gasteiger partial charge in [0.15, 0.2) is 0 Å². The van der Waals surface area contributed by atoms with Gasteiger partial charge in [0.25, 0.3) is 0 Å². The minimum Gasteiger partial charge on any atom is -0.356 e. The fraction of sp³-hybridized carbons (Fsp3) is 0.632. The Morgan fingerprint density at radius 3 is 2.96 bits per heavy atom. The van der Waals surface area contributed by atoms with Crippen LogP contribution in [-0.4, -0.2) is 66.4 Å². The highest BCUT2D eigenvalue weighted by molar-refractivity contribution is 5.83. The lowest BCUT2D eigenvalue weighted by molar-refractivity contribution is -0.133. The van der Waals surface area contributed by atoms with Crippen LogP contribution in [0.5, 0.6) is 0 Å². The fourth-order valence-corrected chi connectivity index (χ4v) is 3.74. The first-order valence-corrected chi connectivity index (χ1v) is 9.21. The normalized spacial score (nSPS) is 25.6. The number of rotatable bonds is 7. The molecule has 3 atom stereocenters. The van der Waals surface area contributed by atoms with Gasteiger partial charge in [-0.25, -0.2) is 0 Å². The predicted octanol–water partition coefficient (Wildman–Crippen LogP) is 1.24. The largest absolute Gasteiger partial charge is 0.356 e. The van der Waals surface area contributed by atoms with Crippen LogP contribution in [0.2, 0.25) is 0 Å². The Hall–Kier alpha value is -1.95. The van der Waals surface area contributed by atoms with E-state index in [9.17, 15) is 9.59 Å². The van der Waals surface area contributed by atoms with Crippen LogP contribution in [0.1, 0.15) is 37.2 Å². The lowest BCUT2D eigenvalue weighted by Gasteiger charge is -2.26. The van der Waals surface area contributed by atoms with E-state index in [4.69, 9.17) is 0 Å². The molecule has 1 aliphatic carbocycles. The van der Waals surface area contributed by atoms with Crippen LogP contribution in [0.3, 0.4) is 0 Å². The van der Waals surface area contributed by atoms with Crippen molar-refractivity contribution in [2.24, 2.45) is 5.92 Å². The molecule has 136 valence electrons. The molecule has 1 N–H and O–H groups in total. The Labute approximate surface area is 149 Å². The maximum atomic E-state index is 12.2. The van der Waals surface area contributed by atoms with Crippen LogP contribution in [-0.2, 0) is 9.59 Å². The van der Waals surface area contributed by atoms with Crippen molar-refractivity contribution < 1.29 is 9.59 Å². The Kier molecular flexibility index (Phi) is 5.68. The monoisotopic (exact) mass is 344 g/mol. The quantitative estimate of drug-likeness (QED) is 0.756. The molecule has 6 heteroatoms. The smallest absolute Gasteiger partial charge is 0.239 e. The van der Waals surface area contributed by atoms with Gasteiger partial charge in [0.2, 0.25) is 11.8 Å². The molecule has 1 aromatic rings. The third-order valence-electron chi connectivity index (χ3n) is 5.25. The SMILES string of the molecule is CN(C)C(=O)C1CCCN1CCCNC(=O)C1CC1c1cccnc1. The number of likely N-dealkylation sites (N-methyl/N-ethyl adjacent to an activating group) is 1. The summed E-state index contributed by atoms with van der Waals surface area (Å²) in [5, 5.41) is 3.05. The topological polar surface area (TPSA) is 65.5 Å². The Morgan fingerprint density at radius 1 is 1.40 bits per heavy atom. The summed E-state index contributed by atoms with van der Waals surface area (Å²) in [6, 6.07) is 3.98. The number of carbonyl (C=O) groups excluding carboxylic acids is 2. The van der Waals surface area contributed by atoms with E-state index in [1.54, 1.807) is 11.1 Å². The summed E-state index contributed by atoms with van der Waals surface area (Å²) in [7, 11) is 3.63. The zero-order chi connectivity index (χ0) is 17.8. The molecular weight excluding hydrogens is 316 g/mol. The van der Waals surface area contributed by atoms with Crippen molar-refractivity contribution >= 4 is 11.8 Å². The van der Waals surface area contributed by atoms with Crippen LogP contribution < -0.4 is 5.32 Å². The van der Waals surface area contributed by atoms with E-state index in [-0.39, 0.29) is 23.8 Å². The number of carbonyl (C=O) groups is 2. The van der Waals surface area contributed by atoms with Crippen molar-refractivity contribution in [3.8, 4) is 0 Å². The van der Waals surface area contributed by atoms with Crippen molar-refractivity contribution in [2.75, 3.05) is 33.7 Å².